The van der Waals surface area contributed by atoms with Crippen molar-refractivity contribution >= 4 is 34.7 Å². The number of aliphatic hydroxyl groups is 2. The number of benzene rings is 1. The van der Waals surface area contributed by atoms with Crippen molar-refractivity contribution in [2.75, 3.05) is 25.0 Å². The number of piperidine rings is 1. The lowest BCUT2D eigenvalue weighted by Gasteiger charge is -2.32. The number of amides is 2. The van der Waals surface area contributed by atoms with Crippen LogP contribution in [0.5, 0.6) is 5.75 Å². The molecule has 0 bridgehead atoms. The Morgan fingerprint density at radius 1 is 1.21 bits per heavy atom. The first-order chi connectivity index (χ1) is 20.2. The molecule has 4 N–H and O–H groups in total. The molecule has 222 valence electrons. The van der Waals surface area contributed by atoms with Gasteiger partial charge in [-0.15, -0.1) is 0 Å². The number of carbonyl (C=O) groups is 2. The molecule has 0 spiro atoms. The number of aromatic nitrogens is 5. The third-order valence-electron chi connectivity index (χ3n) is 6.68. The third kappa shape index (κ3) is 6.82. The number of anilines is 1. The number of ether oxygens (including phenoxy) is 1. The van der Waals surface area contributed by atoms with E-state index in [1.165, 1.54) is 46.0 Å². The van der Waals surface area contributed by atoms with Crippen LogP contribution in [0.25, 0.3) is 16.9 Å². The summed E-state index contributed by atoms with van der Waals surface area (Å²) in [7, 11) is 0. The molecule has 2 amide bonds. The molecule has 4 aromatic rings. The number of carbonyl (C=O) groups excluding carboxylic acids is 2. The lowest BCUT2D eigenvalue weighted by Crippen LogP contribution is -2.47. The van der Waals surface area contributed by atoms with E-state index in [0.717, 1.165) is 0 Å². The summed E-state index contributed by atoms with van der Waals surface area (Å²) in [5, 5.41) is 32.7. The zero-order valence-electron chi connectivity index (χ0n) is 22.0. The quantitative estimate of drug-likeness (QED) is 0.199. The minimum Gasteiger partial charge on any atom is -0.434 e. The number of nitrogens with zero attached hydrogens (tertiary/aromatic N) is 6. The highest BCUT2D eigenvalue weighted by Crippen LogP contribution is 2.37. The molecule has 3 aromatic heterocycles. The highest BCUT2D eigenvalue weighted by Gasteiger charge is 2.26. The predicted octanol–water partition coefficient (Wildman–Crippen LogP) is 1.99. The molecule has 5 rings (SSSR count). The van der Waals surface area contributed by atoms with Gasteiger partial charge in [-0.2, -0.15) is 19.0 Å². The molecule has 1 aliphatic heterocycles. The number of fused-ring (bicyclic) bond motifs is 1. The average Bonchev–Trinajstić information content (AvgIpc) is 3.57. The molecule has 1 aliphatic rings. The normalized spacial score (nSPS) is 14.2. The van der Waals surface area contributed by atoms with Crippen LogP contribution in [0.15, 0.2) is 49.1 Å². The number of nitrogens with one attached hydrogen (secondary N) is 2. The molecular weight excluding hydrogens is 578 g/mol. The molecule has 0 atom stereocenters. The van der Waals surface area contributed by atoms with E-state index in [9.17, 15) is 18.4 Å². The summed E-state index contributed by atoms with van der Waals surface area (Å²) in [6, 6.07) is 5.72. The lowest BCUT2D eigenvalue weighted by atomic mass is 10.1. The maximum atomic E-state index is 13.3. The van der Waals surface area contributed by atoms with Gasteiger partial charge in [0.25, 0.3) is 5.91 Å². The summed E-state index contributed by atoms with van der Waals surface area (Å²) in [6.45, 7) is -2.40. The Morgan fingerprint density at radius 3 is 2.74 bits per heavy atom. The molecule has 0 unspecified atom stereocenters. The highest BCUT2D eigenvalue weighted by atomic mass is 35.5. The van der Waals surface area contributed by atoms with E-state index in [4.69, 9.17) is 21.8 Å². The molecule has 0 radical (unpaired) electrons. The fourth-order valence-corrected chi connectivity index (χ4v) is 4.87. The van der Waals surface area contributed by atoms with Crippen molar-refractivity contribution in [1.29, 1.82) is 0 Å². The summed E-state index contributed by atoms with van der Waals surface area (Å²) in [5.74, 6) is -1.05. The minimum atomic E-state index is -3.13. The Hall–Kier alpha value is -4.18. The Labute approximate surface area is 242 Å². The van der Waals surface area contributed by atoms with Crippen LogP contribution in [0.2, 0.25) is 5.02 Å². The first-order valence-corrected chi connectivity index (χ1v) is 13.3. The van der Waals surface area contributed by atoms with Crippen molar-refractivity contribution in [2.24, 2.45) is 0 Å². The standard InChI is InChI=1S/C26H27ClF2N8O5/c27-15-2-3-20(42-26(28)29)17(10-15)23-19(33-25(41)18-11-32-37-7-1-6-30-24(18)37)13-36(34-23)14-21(38)35-8-4-16(5-9-35)31-12-22(39)40/h1-3,6-7,10-11,13,16,22,26,31,39-40H,4-5,8-9,12,14H2,(H,33,41). The van der Waals surface area contributed by atoms with Gasteiger partial charge in [-0.25, -0.2) is 9.50 Å². The lowest BCUT2D eigenvalue weighted by molar-refractivity contribution is -0.133. The molecule has 4 heterocycles. The zero-order chi connectivity index (χ0) is 29.8. The van der Waals surface area contributed by atoms with Crippen LogP contribution in [0, 0.1) is 0 Å². The zero-order valence-corrected chi connectivity index (χ0v) is 22.8. The van der Waals surface area contributed by atoms with E-state index >= 15 is 0 Å². The Bertz CT molecular complexity index is 1570. The van der Waals surface area contributed by atoms with Gasteiger partial charge < -0.3 is 30.5 Å². The second kappa shape index (κ2) is 12.8. The largest absolute Gasteiger partial charge is 0.434 e. The molecule has 42 heavy (non-hydrogen) atoms. The topological polar surface area (TPSA) is 159 Å². The van der Waals surface area contributed by atoms with E-state index in [2.05, 4.69) is 30.6 Å². The van der Waals surface area contributed by atoms with E-state index in [0.29, 0.717) is 31.6 Å². The summed E-state index contributed by atoms with van der Waals surface area (Å²) < 4.78 is 33.8. The van der Waals surface area contributed by atoms with Crippen LogP contribution in [-0.2, 0) is 11.3 Å². The van der Waals surface area contributed by atoms with E-state index < -0.39 is 18.8 Å². The molecule has 0 aliphatic carbocycles. The van der Waals surface area contributed by atoms with Crippen molar-refractivity contribution in [2.45, 2.75) is 38.3 Å². The van der Waals surface area contributed by atoms with Gasteiger partial charge in [0.2, 0.25) is 5.91 Å². The van der Waals surface area contributed by atoms with Crippen LogP contribution in [0.4, 0.5) is 14.5 Å². The number of likely N-dealkylation sites (tertiary alicyclic amines) is 1. The second-order valence-electron chi connectivity index (χ2n) is 9.55. The molecule has 1 aromatic carbocycles. The smallest absolute Gasteiger partial charge is 0.387 e. The number of aliphatic hydroxyl groups excluding tert-OH is 1. The summed E-state index contributed by atoms with van der Waals surface area (Å²) >= 11 is 6.17. The van der Waals surface area contributed by atoms with E-state index in [-0.39, 0.29) is 58.3 Å². The molecule has 0 saturated carbocycles. The molecule has 1 fully saturated rings. The molecular formula is C26H27ClF2N8O5. The molecule has 13 nitrogen and oxygen atoms in total. The monoisotopic (exact) mass is 604 g/mol. The highest BCUT2D eigenvalue weighted by molar-refractivity contribution is 6.31. The summed E-state index contributed by atoms with van der Waals surface area (Å²) in [6.07, 6.45) is 5.69. The van der Waals surface area contributed by atoms with Gasteiger partial charge in [0.1, 0.15) is 23.6 Å². The van der Waals surface area contributed by atoms with Crippen molar-refractivity contribution in [3.8, 4) is 17.0 Å². The summed E-state index contributed by atoms with van der Waals surface area (Å²) in [4.78, 5) is 32.2. The average molecular weight is 605 g/mol. The first-order valence-electron chi connectivity index (χ1n) is 13.0. The van der Waals surface area contributed by atoms with Crippen molar-refractivity contribution in [1.82, 2.24) is 34.6 Å². The van der Waals surface area contributed by atoms with Crippen LogP contribution in [-0.4, -0.2) is 89.9 Å². The summed E-state index contributed by atoms with van der Waals surface area (Å²) in [5.41, 5.74) is 0.722. The van der Waals surface area contributed by atoms with Crippen molar-refractivity contribution < 1.29 is 33.3 Å². The number of hydrogen-bond acceptors (Lipinski definition) is 9. The fraction of sp³-hybridized carbons (Fsp3) is 0.346. The van der Waals surface area contributed by atoms with Crippen molar-refractivity contribution in [3.05, 3.63) is 59.6 Å². The van der Waals surface area contributed by atoms with Crippen LogP contribution in [0.1, 0.15) is 23.2 Å². The van der Waals surface area contributed by atoms with Crippen molar-refractivity contribution in [3.63, 3.8) is 0 Å². The predicted molar refractivity (Wildman–Crippen MR) is 146 cm³/mol. The van der Waals surface area contributed by atoms with Gasteiger partial charge in [-0.3, -0.25) is 14.3 Å². The third-order valence-corrected chi connectivity index (χ3v) is 6.92. The number of rotatable bonds is 10. The Morgan fingerprint density at radius 2 is 2.00 bits per heavy atom. The first kappa shape index (κ1) is 29.3. The van der Waals surface area contributed by atoms with Gasteiger partial charge in [0, 0.05) is 54.9 Å². The van der Waals surface area contributed by atoms with Gasteiger partial charge in [0.05, 0.1) is 11.9 Å². The maximum absolute atomic E-state index is 13.3. The van der Waals surface area contributed by atoms with Crippen LogP contribution < -0.4 is 15.4 Å². The minimum absolute atomic E-state index is 0.0370. The fourth-order valence-electron chi connectivity index (χ4n) is 4.70. The number of halogens is 3. The van der Waals surface area contributed by atoms with Gasteiger partial charge in [-0.05, 0) is 37.1 Å². The van der Waals surface area contributed by atoms with Gasteiger partial charge >= 0.3 is 6.61 Å². The molecule has 1 saturated heterocycles. The van der Waals surface area contributed by atoms with Gasteiger partial charge in [0.15, 0.2) is 11.9 Å². The van der Waals surface area contributed by atoms with E-state index in [1.807, 2.05) is 0 Å². The van der Waals surface area contributed by atoms with Crippen LogP contribution in [0.3, 0.4) is 0 Å². The Kier molecular flexibility index (Phi) is 8.91. The number of hydrogen-bond donors (Lipinski definition) is 4. The number of alkyl halides is 2. The van der Waals surface area contributed by atoms with Gasteiger partial charge in [-0.1, -0.05) is 11.6 Å². The Balaban J connectivity index is 1.41. The molecule has 16 heteroatoms. The SMILES string of the molecule is O=C(Nc1cn(CC(=O)N2CCC(NCC(O)O)CC2)nc1-c1cc(Cl)ccc1OC(F)F)c1cnn2cccnc12. The maximum Gasteiger partial charge on any atom is 0.387 e. The van der Waals surface area contributed by atoms with Crippen LogP contribution >= 0.6 is 11.6 Å². The van der Waals surface area contributed by atoms with E-state index in [1.54, 1.807) is 17.2 Å². The second-order valence-corrected chi connectivity index (χ2v) is 9.99.